The van der Waals surface area contributed by atoms with Crippen LogP contribution in [0.1, 0.15) is 31.7 Å². The molecule has 1 nitrogen and oxygen atoms in total. The lowest BCUT2D eigenvalue weighted by molar-refractivity contribution is 0.859. The van der Waals surface area contributed by atoms with Gasteiger partial charge in [-0.2, -0.15) is 0 Å². The molecular weight excluding hydrogens is 158 g/mol. The smallest absolute Gasteiger partial charge is 0.0416 e. The second kappa shape index (κ2) is 2.28. The van der Waals surface area contributed by atoms with Gasteiger partial charge in [0.05, 0.1) is 0 Å². The highest BCUT2D eigenvalue weighted by Gasteiger charge is 2.35. The summed E-state index contributed by atoms with van der Waals surface area (Å²) in [6.45, 7) is 4.52. The molecule has 0 bridgehead atoms. The van der Waals surface area contributed by atoms with Crippen molar-refractivity contribution in [2.45, 2.75) is 26.2 Å². The molecule has 2 atom stereocenters. The van der Waals surface area contributed by atoms with E-state index in [0.29, 0.717) is 5.92 Å². The van der Waals surface area contributed by atoms with E-state index in [2.05, 4.69) is 37.2 Å². The van der Waals surface area contributed by atoms with Crippen LogP contribution in [-0.2, 0) is 0 Å². The highest BCUT2D eigenvalue weighted by atomic mass is 14.7. The Morgan fingerprint density at radius 2 is 2.08 bits per heavy atom. The molecule has 0 aromatic carbocycles. The van der Waals surface area contributed by atoms with E-state index < -0.39 is 0 Å². The zero-order valence-corrected chi connectivity index (χ0v) is 8.17. The predicted molar refractivity (Wildman–Crippen MR) is 54.7 cm³/mol. The fraction of sp³-hybridized carbons (Fsp3) is 0.500. The summed E-state index contributed by atoms with van der Waals surface area (Å²) in [7, 11) is 0. The van der Waals surface area contributed by atoms with E-state index in [1.165, 1.54) is 22.6 Å². The summed E-state index contributed by atoms with van der Waals surface area (Å²) in [5.74, 6) is 2.35. The minimum Gasteiger partial charge on any atom is -0.361 e. The fourth-order valence-corrected chi connectivity index (χ4v) is 2.32. The summed E-state index contributed by atoms with van der Waals surface area (Å²) in [4.78, 5) is 3.38. The van der Waals surface area contributed by atoms with Crippen molar-refractivity contribution >= 4 is 12.2 Å². The molecule has 1 heteroatoms. The molecule has 0 amide bonds. The lowest BCUT2D eigenvalue weighted by Gasteiger charge is -2.01. The Balaban J connectivity index is 2.28. The van der Waals surface area contributed by atoms with Crippen molar-refractivity contribution in [2.75, 3.05) is 0 Å². The second-order valence-corrected chi connectivity index (χ2v) is 4.62. The number of rotatable bonds is 1. The first-order chi connectivity index (χ1) is 6.25. The molecule has 0 aliphatic heterocycles. The maximum absolute atomic E-state index is 3.38. The zero-order valence-electron chi connectivity index (χ0n) is 8.17. The fourth-order valence-electron chi connectivity index (χ4n) is 2.32. The molecule has 68 valence electrons. The summed E-state index contributed by atoms with van der Waals surface area (Å²) < 4.78 is 0. The lowest BCUT2D eigenvalue weighted by atomic mass is 10.0. The molecule has 1 heterocycles. The van der Waals surface area contributed by atoms with Crippen LogP contribution in [0.25, 0.3) is 12.2 Å². The van der Waals surface area contributed by atoms with Gasteiger partial charge in [-0.25, -0.2) is 0 Å². The Kier molecular flexibility index (Phi) is 1.30. The quantitative estimate of drug-likeness (QED) is 0.660. The number of H-pyrrole nitrogens is 1. The van der Waals surface area contributed by atoms with Gasteiger partial charge >= 0.3 is 0 Å². The molecule has 2 aliphatic rings. The largest absolute Gasteiger partial charge is 0.361 e. The first kappa shape index (κ1) is 7.43. The average Bonchev–Trinajstić information content (AvgIpc) is 2.70. The van der Waals surface area contributed by atoms with Crippen LogP contribution in [0.4, 0.5) is 0 Å². The van der Waals surface area contributed by atoms with Crippen LogP contribution in [0.3, 0.4) is 0 Å². The standard InChI is InChI=1S/C12H15N/c1-7(2)11-6-13-12-5-9-3-8(9)4-10(11)12/h4-9,13H,3H2,1-2H3. The number of nitrogens with one attached hydrogen (secondary N) is 1. The van der Waals surface area contributed by atoms with E-state index in [-0.39, 0.29) is 0 Å². The molecule has 1 aromatic rings. The maximum Gasteiger partial charge on any atom is 0.0416 e. The van der Waals surface area contributed by atoms with E-state index in [1.807, 2.05) is 0 Å². The van der Waals surface area contributed by atoms with Crippen LogP contribution in [0.15, 0.2) is 6.20 Å². The van der Waals surface area contributed by atoms with Crippen molar-refractivity contribution in [1.29, 1.82) is 0 Å². The van der Waals surface area contributed by atoms with Crippen molar-refractivity contribution in [1.82, 2.24) is 4.98 Å². The minimum atomic E-state index is 0.639. The highest BCUT2D eigenvalue weighted by Crippen LogP contribution is 2.41. The van der Waals surface area contributed by atoms with Crippen LogP contribution in [0.5, 0.6) is 0 Å². The average molecular weight is 173 g/mol. The van der Waals surface area contributed by atoms with E-state index in [0.717, 1.165) is 11.8 Å². The molecule has 1 saturated carbocycles. The Labute approximate surface area is 78.2 Å². The molecule has 0 spiro atoms. The van der Waals surface area contributed by atoms with Gasteiger partial charge in [-0.3, -0.25) is 0 Å². The number of aromatic nitrogens is 1. The van der Waals surface area contributed by atoms with Crippen molar-refractivity contribution in [3.63, 3.8) is 0 Å². The Hall–Kier alpha value is -0.980. The molecule has 13 heavy (non-hydrogen) atoms. The molecule has 3 rings (SSSR count). The highest BCUT2D eigenvalue weighted by molar-refractivity contribution is 5.50. The van der Waals surface area contributed by atoms with Gasteiger partial charge in [0, 0.05) is 11.5 Å². The SMILES string of the molecule is CC(C)c1c[nH]c2c1=CC1CC1C=2. The van der Waals surface area contributed by atoms with Gasteiger partial charge in [0.2, 0.25) is 0 Å². The van der Waals surface area contributed by atoms with Gasteiger partial charge in [-0.05, 0) is 35.0 Å². The van der Waals surface area contributed by atoms with E-state index >= 15 is 0 Å². The summed E-state index contributed by atoms with van der Waals surface area (Å²) in [5, 5.41) is 2.84. The minimum absolute atomic E-state index is 0.639. The van der Waals surface area contributed by atoms with Crippen molar-refractivity contribution < 1.29 is 0 Å². The van der Waals surface area contributed by atoms with Crippen LogP contribution < -0.4 is 10.6 Å². The van der Waals surface area contributed by atoms with Gasteiger partial charge < -0.3 is 4.98 Å². The Morgan fingerprint density at radius 3 is 2.85 bits per heavy atom. The van der Waals surface area contributed by atoms with Crippen LogP contribution in [0.2, 0.25) is 0 Å². The predicted octanol–water partition coefficient (Wildman–Crippen LogP) is 1.35. The van der Waals surface area contributed by atoms with Crippen molar-refractivity contribution in [3.05, 3.63) is 22.3 Å². The van der Waals surface area contributed by atoms with Gasteiger partial charge in [0.25, 0.3) is 0 Å². The molecule has 0 radical (unpaired) electrons. The molecule has 1 aromatic heterocycles. The molecule has 1 fully saturated rings. The van der Waals surface area contributed by atoms with Gasteiger partial charge in [-0.1, -0.05) is 26.0 Å². The van der Waals surface area contributed by atoms with Gasteiger partial charge in [0.1, 0.15) is 0 Å². The van der Waals surface area contributed by atoms with E-state index in [9.17, 15) is 0 Å². The van der Waals surface area contributed by atoms with Crippen LogP contribution in [-0.4, -0.2) is 4.98 Å². The van der Waals surface area contributed by atoms with Gasteiger partial charge in [0.15, 0.2) is 0 Å². The zero-order chi connectivity index (χ0) is 9.00. The third-order valence-corrected chi connectivity index (χ3v) is 3.26. The van der Waals surface area contributed by atoms with Crippen molar-refractivity contribution in [2.24, 2.45) is 11.8 Å². The summed E-state index contributed by atoms with van der Waals surface area (Å²) in [5.41, 5.74) is 1.48. The summed E-state index contributed by atoms with van der Waals surface area (Å²) in [6, 6.07) is 0. The number of fused-ring (bicyclic) bond motifs is 2. The maximum atomic E-state index is 3.38. The van der Waals surface area contributed by atoms with Crippen LogP contribution >= 0.6 is 0 Å². The third kappa shape index (κ3) is 0.995. The normalized spacial score (nSPS) is 28.8. The van der Waals surface area contributed by atoms with Crippen molar-refractivity contribution in [3.8, 4) is 0 Å². The van der Waals surface area contributed by atoms with E-state index in [4.69, 9.17) is 0 Å². The number of hydrogen-bond donors (Lipinski definition) is 1. The van der Waals surface area contributed by atoms with Crippen LogP contribution in [0, 0.1) is 11.8 Å². The molecule has 2 aliphatic carbocycles. The second-order valence-electron chi connectivity index (χ2n) is 4.62. The molecule has 1 N–H and O–H groups in total. The molecule has 2 unspecified atom stereocenters. The third-order valence-electron chi connectivity index (χ3n) is 3.26. The first-order valence-electron chi connectivity index (χ1n) is 5.16. The number of aromatic amines is 1. The molecule has 0 saturated heterocycles. The van der Waals surface area contributed by atoms with Gasteiger partial charge in [-0.15, -0.1) is 0 Å². The Morgan fingerprint density at radius 1 is 1.31 bits per heavy atom. The number of hydrogen-bond acceptors (Lipinski definition) is 0. The topological polar surface area (TPSA) is 15.8 Å². The lowest BCUT2D eigenvalue weighted by Crippen LogP contribution is -2.28. The summed E-state index contributed by atoms with van der Waals surface area (Å²) in [6.07, 6.45) is 8.42. The monoisotopic (exact) mass is 173 g/mol. The van der Waals surface area contributed by atoms with E-state index in [1.54, 1.807) is 0 Å². The molecular formula is C12H15N. The first-order valence-corrected chi connectivity index (χ1v) is 5.16. The summed E-state index contributed by atoms with van der Waals surface area (Å²) >= 11 is 0. The Bertz CT molecular complexity index is 450.